The van der Waals surface area contributed by atoms with Crippen molar-refractivity contribution in [1.82, 2.24) is 29.5 Å². The summed E-state index contributed by atoms with van der Waals surface area (Å²) in [5.41, 5.74) is 11.1. The maximum atomic E-state index is 9.39. The zero-order chi connectivity index (χ0) is 23.2. The van der Waals surface area contributed by atoms with Crippen molar-refractivity contribution in [1.29, 1.82) is 5.26 Å². The van der Waals surface area contributed by atoms with Gasteiger partial charge < -0.3 is 10.5 Å². The van der Waals surface area contributed by atoms with Gasteiger partial charge in [-0.05, 0) is 44.2 Å². The average molecular weight is 436 g/mol. The maximum absolute atomic E-state index is 9.39. The lowest BCUT2D eigenvalue weighted by Crippen LogP contribution is -2.15. The Hall–Kier alpha value is -4.58. The van der Waals surface area contributed by atoms with Crippen molar-refractivity contribution < 1.29 is 4.74 Å². The van der Waals surface area contributed by atoms with Crippen LogP contribution in [0.4, 0.5) is 5.82 Å². The summed E-state index contributed by atoms with van der Waals surface area (Å²) >= 11 is 0. The molecule has 9 heteroatoms. The molecule has 0 aliphatic carbocycles. The normalized spacial score (nSPS) is 11.6. The summed E-state index contributed by atoms with van der Waals surface area (Å²) in [5, 5.41) is 9.39. The molecule has 0 aliphatic rings. The number of imidazole rings is 1. The molecule has 0 fully saturated rings. The predicted octanol–water partition coefficient (Wildman–Crippen LogP) is 3.82. The molecule has 0 saturated heterocycles. The summed E-state index contributed by atoms with van der Waals surface area (Å²) in [7, 11) is 1.55. The van der Waals surface area contributed by atoms with E-state index in [1.54, 1.807) is 38.1 Å². The van der Waals surface area contributed by atoms with Crippen LogP contribution in [0.1, 0.15) is 19.5 Å². The molecule has 9 nitrogen and oxygen atoms in total. The Kier molecular flexibility index (Phi) is 4.64. The first kappa shape index (κ1) is 20.3. The fourth-order valence-corrected chi connectivity index (χ4v) is 3.62. The molecule has 0 aliphatic heterocycles. The van der Waals surface area contributed by atoms with Crippen LogP contribution < -0.4 is 10.5 Å². The van der Waals surface area contributed by atoms with E-state index in [0.29, 0.717) is 34.0 Å². The van der Waals surface area contributed by atoms with Gasteiger partial charge in [-0.15, -0.1) is 0 Å². The third-order valence-electron chi connectivity index (χ3n) is 5.56. The molecule has 0 spiro atoms. The van der Waals surface area contributed by atoms with Crippen LogP contribution in [0.15, 0.2) is 55.2 Å². The molecule has 33 heavy (non-hydrogen) atoms. The van der Waals surface area contributed by atoms with E-state index < -0.39 is 5.41 Å². The highest BCUT2D eigenvalue weighted by Gasteiger charge is 2.21. The van der Waals surface area contributed by atoms with Gasteiger partial charge in [0.15, 0.2) is 11.6 Å². The monoisotopic (exact) mass is 436 g/mol. The van der Waals surface area contributed by atoms with Crippen molar-refractivity contribution >= 4 is 27.9 Å². The lowest BCUT2D eigenvalue weighted by Gasteiger charge is -2.15. The van der Waals surface area contributed by atoms with E-state index in [0.717, 1.165) is 22.3 Å². The lowest BCUT2D eigenvalue weighted by molar-refractivity contribution is 0.415. The number of nitrogens with two attached hydrogens (primary N) is 1. The summed E-state index contributed by atoms with van der Waals surface area (Å²) < 4.78 is 7.23. The third-order valence-corrected chi connectivity index (χ3v) is 5.56. The van der Waals surface area contributed by atoms with Gasteiger partial charge in [0.05, 0.1) is 53.6 Å². The van der Waals surface area contributed by atoms with Gasteiger partial charge in [-0.3, -0.25) is 14.5 Å². The molecule has 0 atom stereocenters. The van der Waals surface area contributed by atoms with Gasteiger partial charge in [0.25, 0.3) is 0 Å². The molecular formula is C24H20N8O. The Morgan fingerprint density at radius 3 is 2.58 bits per heavy atom. The van der Waals surface area contributed by atoms with Crippen molar-refractivity contribution in [3.05, 3.63) is 60.9 Å². The van der Waals surface area contributed by atoms with Gasteiger partial charge in [-0.25, -0.2) is 15.0 Å². The summed E-state index contributed by atoms with van der Waals surface area (Å²) in [6, 6.07) is 11.7. The fourth-order valence-electron chi connectivity index (χ4n) is 3.62. The number of fused-ring (bicyclic) bond motifs is 3. The minimum atomic E-state index is -0.670. The predicted molar refractivity (Wildman–Crippen MR) is 125 cm³/mol. The molecule has 5 aromatic heterocycles. The molecule has 0 radical (unpaired) electrons. The van der Waals surface area contributed by atoms with Crippen LogP contribution in [-0.2, 0) is 5.41 Å². The minimum Gasteiger partial charge on any atom is -0.493 e. The van der Waals surface area contributed by atoms with Crippen LogP contribution in [-0.4, -0.2) is 36.6 Å². The minimum absolute atomic E-state index is 0.319. The largest absolute Gasteiger partial charge is 0.493 e. The summed E-state index contributed by atoms with van der Waals surface area (Å²) in [6.45, 7) is 3.68. The maximum Gasteiger partial charge on any atom is 0.166 e. The smallest absolute Gasteiger partial charge is 0.166 e. The van der Waals surface area contributed by atoms with Crippen LogP contribution in [0.3, 0.4) is 0 Å². The van der Waals surface area contributed by atoms with Gasteiger partial charge in [0.1, 0.15) is 22.9 Å². The van der Waals surface area contributed by atoms with E-state index in [1.807, 2.05) is 42.7 Å². The van der Waals surface area contributed by atoms with E-state index in [1.165, 1.54) is 0 Å². The van der Waals surface area contributed by atoms with Crippen molar-refractivity contribution in [2.75, 3.05) is 12.8 Å². The highest BCUT2D eigenvalue weighted by molar-refractivity contribution is 6.01. The van der Waals surface area contributed by atoms with Crippen LogP contribution in [0.5, 0.6) is 5.75 Å². The quantitative estimate of drug-likeness (QED) is 0.450. The molecule has 162 valence electrons. The number of ether oxygens (including phenoxy) is 1. The average Bonchev–Trinajstić information content (AvgIpc) is 3.29. The molecule has 2 N–H and O–H groups in total. The SMILES string of the molecule is COc1cc(-c2ccc3ncc4ncn(-c5ccc(C(C)(C)C#N)nc5)c4c3n2)cnc1N. The Morgan fingerprint density at radius 1 is 1.00 bits per heavy atom. The molecule has 5 heterocycles. The Labute approximate surface area is 189 Å². The second kappa shape index (κ2) is 7.53. The summed E-state index contributed by atoms with van der Waals surface area (Å²) in [6.07, 6.45) is 6.85. The Balaban J connectivity index is 1.68. The number of nitrogens with zero attached hydrogens (tertiary/aromatic N) is 7. The van der Waals surface area contributed by atoms with E-state index in [9.17, 15) is 5.26 Å². The highest BCUT2D eigenvalue weighted by Crippen LogP contribution is 2.30. The second-order valence-corrected chi connectivity index (χ2v) is 8.12. The molecule has 0 aromatic carbocycles. The number of nitrogen functional groups attached to an aromatic ring is 1. The van der Waals surface area contributed by atoms with Crippen molar-refractivity contribution in [2.45, 2.75) is 19.3 Å². The standard InChI is InChI=1S/C24H20N8O/c1-24(2,12-25)20-7-4-15(10-28-20)32-13-30-18-11-27-17-6-5-16(31-21(17)22(18)32)14-8-19(33-3)23(26)29-9-14/h4-11,13H,1-3H3,(H2,26,29). The first-order valence-electron chi connectivity index (χ1n) is 10.2. The van der Waals surface area contributed by atoms with Gasteiger partial charge in [0, 0.05) is 11.8 Å². The van der Waals surface area contributed by atoms with Gasteiger partial charge >= 0.3 is 0 Å². The number of rotatable bonds is 4. The molecule has 0 bridgehead atoms. The van der Waals surface area contributed by atoms with Gasteiger partial charge in [0.2, 0.25) is 0 Å². The highest BCUT2D eigenvalue weighted by atomic mass is 16.5. The molecule has 0 saturated carbocycles. The number of nitriles is 1. The van der Waals surface area contributed by atoms with Crippen molar-refractivity contribution in [2.24, 2.45) is 0 Å². The molecule has 5 rings (SSSR count). The number of anilines is 1. The first-order valence-corrected chi connectivity index (χ1v) is 10.2. The molecular weight excluding hydrogens is 416 g/mol. The Morgan fingerprint density at radius 2 is 1.85 bits per heavy atom. The zero-order valence-electron chi connectivity index (χ0n) is 18.3. The number of pyridine rings is 4. The number of hydrogen-bond donors (Lipinski definition) is 1. The number of hydrogen-bond acceptors (Lipinski definition) is 8. The fraction of sp³-hybridized carbons (Fsp3) is 0.167. The molecule has 5 aromatic rings. The van der Waals surface area contributed by atoms with Crippen LogP contribution in [0.25, 0.3) is 39.0 Å². The number of aromatic nitrogens is 6. The van der Waals surface area contributed by atoms with Crippen molar-refractivity contribution in [3.8, 4) is 28.8 Å². The third kappa shape index (κ3) is 3.38. The summed E-state index contributed by atoms with van der Waals surface area (Å²) in [5.74, 6) is 0.807. The Bertz CT molecular complexity index is 1550. The van der Waals surface area contributed by atoms with Gasteiger partial charge in [-0.1, -0.05) is 0 Å². The van der Waals surface area contributed by atoms with E-state index in [4.69, 9.17) is 15.5 Å². The summed E-state index contributed by atoms with van der Waals surface area (Å²) in [4.78, 5) is 22.6. The first-order chi connectivity index (χ1) is 15.9. The number of methoxy groups -OCH3 is 1. The van der Waals surface area contributed by atoms with Crippen LogP contribution in [0.2, 0.25) is 0 Å². The van der Waals surface area contributed by atoms with E-state index in [-0.39, 0.29) is 0 Å². The zero-order valence-corrected chi connectivity index (χ0v) is 18.3. The van der Waals surface area contributed by atoms with Crippen LogP contribution in [0, 0.1) is 11.3 Å². The second-order valence-electron chi connectivity index (χ2n) is 8.12. The van der Waals surface area contributed by atoms with Crippen molar-refractivity contribution in [3.63, 3.8) is 0 Å². The van der Waals surface area contributed by atoms with Crippen LogP contribution >= 0.6 is 0 Å². The van der Waals surface area contributed by atoms with E-state index >= 15 is 0 Å². The lowest BCUT2D eigenvalue weighted by atomic mass is 9.91. The molecule has 0 amide bonds. The topological polar surface area (TPSA) is 128 Å². The van der Waals surface area contributed by atoms with Gasteiger partial charge in [-0.2, -0.15) is 5.26 Å². The molecule has 0 unspecified atom stereocenters. The van der Waals surface area contributed by atoms with E-state index in [2.05, 4.69) is 26.0 Å².